The van der Waals surface area contributed by atoms with Crippen LogP contribution in [0.1, 0.15) is 77.2 Å². The largest absolute Gasteiger partial charge is 0.358 e. The summed E-state index contributed by atoms with van der Waals surface area (Å²) >= 11 is 24.2. The molecule has 109 heavy (non-hydrogen) atoms. The van der Waals surface area contributed by atoms with Gasteiger partial charge in [0.2, 0.25) is 23.6 Å². The topological polar surface area (TPSA) is 412 Å². The Balaban J connectivity index is 0.000000319. The standard InChI is InChI=1S/C19H23ClN6O.C19H19ClN6O.C18H15ClFN7O.C18H16ClN7O.7H2/c1-10(2)16(19(27)24-11(3)4)25-15-5-6-21-18(26-15)14-9-23-17-13(14)7-12(20)8-22-17;1-4-6-22-19(27)16(11(2)3)25-15-5-7-21-18(26-15)14-10-24-17-13(14)8-12(20)9-23-17;19-10-6-11-12(8-24-15(11)23-7-10)16-25-9-13(20)17(26-16)27-5-1-2-14(27)18(28)22-4-3-21;19-11-8-12-13(10-24-16(12)23-9-11)17-21-5-3-15(25-17)26-7-1-2-14(26)18(27)22-6-4-20;;;;;;;/h5-11,16H,1-4H3,(H,22,23)(H,24,27)(H,21,25,26);1,5,7-11,16H,6H2,2-3H3,(H,22,27)(H,23,24)(H,21,25,26);6-9,14H,1-2,4-5H2,(H,22,28)(H,23,24);3,5,8-10,14H,1-2,6-7H2,(H,22,27)(H,23,24);7*1H/t2*16-;2*14-;;;;;;;/m1111......./s1. The highest BCUT2D eigenvalue weighted by molar-refractivity contribution is 6.32. The number of nitrogens with zero attached hydrogens (tertiary/aromatic N) is 16. The van der Waals surface area contributed by atoms with Gasteiger partial charge >= 0.3 is 0 Å². The number of hydrogen-bond donors (Lipinski definition) is 10. The van der Waals surface area contributed by atoms with Crippen molar-refractivity contribution in [1.82, 2.24) is 101 Å². The van der Waals surface area contributed by atoms with Crippen molar-refractivity contribution in [3.8, 4) is 70.0 Å². The van der Waals surface area contributed by atoms with Crippen LogP contribution in [-0.2, 0) is 19.2 Å². The van der Waals surface area contributed by atoms with Crippen LogP contribution in [0.4, 0.5) is 27.7 Å². The zero-order chi connectivity index (χ0) is 77.4. The third-order valence-electron chi connectivity index (χ3n) is 17.3. The molecule has 2 aliphatic rings. The number of aromatic nitrogens is 16. The molecule has 0 unspecified atom stereocenters. The summed E-state index contributed by atoms with van der Waals surface area (Å²) in [5.74, 6) is 4.95. The van der Waals surface area contributed by atoms with Crippen molar-refractivity contribution in [3.05, 3.63) is 143 Å². The maximum absolute atomic E-state index is 14.5. The summed E-state index contributed by atoms with van der Waals surface area (Å²) in [5.41, 5.74) is 5.75. The molecule has 30 nitrogen and oxygen atoms in total. The van der Waals surface area contributed by atoms with Crippen LogP contribution < -0.4 is 41.7 Å². The van der Waals surface area contributed by atoms with E-state index in [4.69, 9.17) is 63.4 Å². The van der Waals surface area contributed by atoms with Crippen molar-refractivity contribution in [2.45, 2.75) is 97.4 Å². The summed E-state index contributed by atoms with van der Waals surface area (Å²) < 4.78 is 14.5. The number of fused-ring (bicyclic) bond motifs is 4. The quantitative estimate of drug-likeness (QED) is 0.0250. The van der Waals surface area contributed by atoms with Gasteiger partial charge in [-0.25, -0.2) is 64.2 Å². The van der Waals surface area contributed by atoms with Gasteiger partial charge in [-0.1, -0.05) is 80.0 Å². The summed E-state index contributed by atoms with van der Waals surface area (Å²) in [6.07, 6.45) is 27.5. The minimum Gasteiger partial charge on any atom is -0.358 e. The fraction of sp³-hybridized carbons (Fsp3) is 0.297. The normalized spacial score (nSPS) is 14.3. The molecule has 14 heterocycles. The molecule has 2 saturated heterocycles. The highest BCUT2D eigenvalue weighted by atomic mass is 35.5. The molecule has 35 heteroatoms. The van der Waals surface area contributed by atoms with Crippen LogP contribution in [0.25, 0.3) is 89.7 Å². The summed E-state index contributed by atoms with van der Waals surface area (Å²) in [6, 6.07) is 14.5. The van der Waals surface area contributed by atoms with E-state index in [-0.39, 0.29) is 83.0 Å². The van der Waals surface area contributed by atoms with Gasteiger partial charge < -0.3 is 61.6 Å². The summed E-state index contributed by atoms with van der Waals surface area (Å²) in [5, 5.41) is 39.8. The Labute approximate surface area is 654 Å². The zero-order valence-corrected chi connectivity index (χ0v) is 62.7. The first kappa shape index (κ1) is 77.9. The average molecular weight is 1570 g/mol. The Morgan fingerprint density at radius 2 is 0.927 bits per heavy atom. The van der Waals surface area contributed by atoms with Gasteiger partial charge in [0, 0.05) is 141 Å². The number of H-pyrrole nitrogens is 4. The second-order valence-corrected chi connectivity index (χ2v) is 27.7. The summed E-state index contributed by atoms with van der Waals surface area (Å²) in [6.45, 7) is 13.1. The molecule has 12 aromatic heterocycles. The van der Waals surface area contributed by atoms with E-state index in [1.165, 1.54) is 6.20 Å². The van der Waals surface area contributed by atoms with E-state index in [0.29, 0.717) is 102 Å². The van der Waals surface area contributed by atoms with Gasteiger partial charge in [-0.3, -0.25) is 19.2 Å². The third-order valence-corrected chi connectivity index (χ3v) is 18.1. The number of hydrogen-bond acceptors (Lipinski definition) is 22. The van der Waals surface area contributed by atoms with Crippen LogP contribution in [0.2, 0.25) is 20.1 Å². The minimum atomic E-state index is -0.611. The maximum Gasteiger partial charge on any atom is 0.243 e. The number of aromatic amines is 4. The number of anilines is 4. The lowest BCUT2D eigenvalue weighted by Crippen LogP contribution is -2.45. The number of pyridine rings is 4. The van der Waals surface area contributed by atoms with Gasteiger partial charge in [0.1, 0.15) is 77.3 Å². The minimum absolute atomic E-state index is 0. The Kier molecular flexibility index (Phi) is 25.7. The maximum atomic E-state index is 14.5. The molecule has 14 rings (SSSR count). The van der Waals surface area contributed by atoms with E-state index < -0.39 is 23.9 Å². The number of nitrogens with one attached hydrogen (secondary N) is 10. The van der Waals surface area contributed by atoms with Gasteiger partial charge in [0.05, 0.1) is 45.0 Å². The second-order valence-electron chi connectivity index (χ2n) is 25.9. The lowest BCUT2D eigenvalue weighted by atomic mass is 10.0. The van der Waals surface area contributed by atoms with E-state index >= 15 is 0 Å². The molecule has 10 N–H and O–H groups in total. The lowest BCUT2D eigenvalue weighted by Gasteiger charge is -2.25. The molecule has 4 amide bonds. The van der Waals surface area contributed by atoms with Crippen molar-refractivity contribution < 1.29 is 33.6 Å². The number of terminal acetylenes is 1. The fourth-order valence-corrected chi connectivity index (χ4v) is 12.9. The van der Waals surface area contributed by atoms with Crippen LogP contribution in [0.3, 0.4) is 0 Å². The van der Waals surface area contributed by atoms with Crippen molar-refractivity contribution in [2.75, 3.05) is 53.2 Å². The first-order valence-corrected chi connectivity index (χ1v) is 36.0. The second kappa shape index (κ2) is 35.9. The summed E-state index contributed by atoms with van der Waals surface area (Å²) in [7, 11) is 0. The molecule has 0 aromatic carbocycles. The molecule has 0 bridgehead atoms. The van der Waals surface area contributed by atoms with Gasteiger partial charge in [-0.15, -0.1) is 6.42 Å². The molecule has 4 atom stereocenters. The predicted molar refractivity (Wildman–Crippen MR) is 431 cm³/mol. The van der Waals surface area contributed by atoms with Crippen molar-refractivity contribution in [1.29, 1.82) is 10.5 Å². The number of carbonyl (C=O) groups excluding carboxylic acids is 4. The molecule has 0 spiro atoms. The Bertz CT molecular complexity index is 5430. The highest BCUT2D eigenvalue weighted by Gasteiger charge is 2.35. The Morgan fingerprint density at radius 3 is 1.34 bits per heavy atom. The molecule has 0 aliphatic carbocycles. The first-order chi connectivity index (χ1) is 52.6. The van der Waals surface area contributed by atoms with Gasteiger partial charge in [-0.2, -0.15) is 10.5 Å². The SMILES string of the molecule is C#CCNC(=O)[C@H](Nc1ccnc(-c2c[nH]c3ncc(Cl)cc23)n1)C(C)C.CC(C)NC(=O)[C@H](Nc1ccnc(-c2c[nH]c3ncc(Cl)cc23)n1)C(C)C.N#CCNC(=O)[C@H]1CCCN1c1ccnc(-c2c[nH]c3ncc(Cl)cc23)n1.N#CCNC(=O)[C@H]1CCCN1c1nc(-c2c[nH]c3ncc(Cl)cc23)ncc1F.[HH].[HH].[HH].[HH].[HH].[HH].[HH]. The predicted octanol–water partition coefficient (Wildman–Crippen LogP) is 12.9. The van der Waals surface area contributed by atoms with Crippen LogP contribution in [0.15, 0.2) is 117 Å². The van der Waals surface area contributed by atoms with E-state index in [1.54, 1.807) is 91.1 Å². The lowest BCUT2D eigenvalue weighted by molar-refractivity contribution is -0.123. The first-order valence-electron chi connectivity index (χ1n) is 34.5. The molecule has 2 fully saturated rings. The smallest absolute Gasteiger partial charge is 0.243 e. The van der Waals surface area contributed by atoms with E-state index in [9.17, 15) is 23.6 Å². The number of amides is 4. The van der Waals surface area contributed by atoms with Gasteiger partial charge in [-0.05, 0) is 93.8 Å². The molecule has 2 aliphatic heterocycles. The van der Waals surface area contributed by atoms with Crippen LogP contribution in [0.5, 0.6) is 0 Å². The molecule has 0 saturated carbocycles. The summed E-state index contributed by atoms with van der Waals surface area (Å²) in [4.78, 5) is 118. The number of rotatable bonds is 20. The van der Waals surface area contributed by atoms with E-state index in [2.05, 4.69) is 118 Å². The highest BCUT2D eigenvalue weighted by Crippen LogP contribution is 2.35. The third kappa shape index (κ3) is 19.0. The van der Waals surface area contributed by atoms with Gasteiger partial charge in [0.15, 0.2) is 34.9 Å². The average Bonchev–Trinajstić information content (AvgIpc) is 1.76. The number of carbonyl (C=O) groups is 4. The Hall–Kier alpha value is -12.2. The number of nitriles is 2. The van der Waals surface area contributed by atoms with Crippen LogP contribution in [-0.4, -0.2) is 166 Å². The van der Waals surface area contributed by atoms with Crippen LogP contribution >= 0.6 is 46.4 Å². The fourth-order valence-electron chi connectivity index (χ4n) is 12.2. The van der Waals surface area contributed by atoms with Crippen molar-refractivity contribution in [3.63, 3.8) is 0 Å². The van der Waals surface area contributed by atoms with Gasteiger partial charge in [0.25, 0.3) is 0 Å². The molecule has 12 aromatic rings. The Morgan fingerprint density at radius 1 is 0.532 bits per heavy atom. The number of halogens is 5. The van der Waals surface area contributed by atoms with E-state index in [0.717, 1.165) is 70.2 Å². The van der Waals surface area contributed by atoms with Crippen molar-refractivity contribution in [2.24, 2.45) is 11.8 Å². The van der Waals surface area contributed by atoms with E-state index in [1.807, 2.05) is 76.8 Å². The van der Waals surface area contributed by atoms with Crippen molar-refractivity contribution >= 4 is 137 Å². The zero-order valence-electron chi connectivity index (χ0n) is 59.6. The van der Waals surface area contributed by atoms with Crippen LogP contribution in [0, 0.1) is 52.7 Å². The molecular formula is C74H87Cl4FN26O4. The molecule has 0 radical (unpaired) electrons. The molecule has 572 valence electrons. The monoisotopic (exact) mass is 1560 g/mol. The molecular weight excluding hydrogens is 1480 g/mol.